The van der Waals surface area contributed by atoms with Crippen molar-refractivity contribution in [2.75, 3.05) is 18.1 Å². The summed E-state index contributed by atoms with van der Waals surface area (Å²) in [5, 5.41) is 0. The molecule has 448 valence electrons. The maximum absolute atomic E-state index is 13.0. The fraction of sp³-hybridized carbons (Fsp3) is 0.371. The van der Waals surface area contributed by atoms with E-state index in [9.17, 15) is 66.7 Å². The maximum atomic E-state index is 13.0. The number of alkyl halides is 6. The first kappa shape index (κ1) is 63.8. The number of fused-ring (bicyclic) bond motifs is 2. The van der Waals surface area contributed by atoms with Gasteiger partial charge in [0, 0.05) is 17.5 Å². The number of carbonyl (C=O) groups excluding carboxylic acids is 3. The molecule has 0 spiro atoms. The van der Waals surface area contributed by atoms with Crippen molar-refractivity contribution in [3.8, 4) is 0 Å². The molecule has 6 fully saturated rings. The molecular weight excluding hydrogens is 1180 g/mol. The zero-order valence-corrected chi connectivity index (χ0v) is 49.2. The standard InChI is InChI=1S/2C19H14F3S.C12H18O7S.C12H18O5S/c2*20-19(21,22)15-8-7-13-18(14-15)23(16-9-3-1-4-10-16)17-11-5-2-6-12-17;1-10(2)11(3)4-5-12(10,19-8(11)13)9(14)18-6-7-20(15,16)17;13-11(6-18(14,15)16)17-12-9-2-7-1-8(4-9)5-10(12)3-7/h2*1-14H;4-7H2,1-3H3,(H,15,16,17);7-10,12H,1-6H2,(H,14,15,16)/q2*+1;;/p-2. The molecule has 12 nitrogen and oxygen atoms in total. The Hall–Kier alpha value is -6.17. The van der Waals surface area contributed by atoms with Crippen LogP contribution in [0.3, 0.4) is 0 Å². The van der Waals surface area contributed by atoms with Gasteiger partial charge in [-0.15, -0.1) is 0 Å². The largest absolute Gasteiger partial charge is 0.748 e. The minimum Gasteiger partial charge on any atom is -0.748 e. The van der Waals surface area contributed by atoms with Crippen LogP contribution in [0.2, 0.25) is 0 Å². The van der Waals surface area contributed by atoms with Crippen molar-refractivity contribution in [1.82, 2.24) is 0 Å². The molecule has 6 aromatic rings. The second kappa shape index (κ2) is 25.8. The lowest BCUT2D eigenvalue weighted by Gasteiger charge is -2.53. The molecule has 6 bridgehead atoms. The van der Waals surface area contributed by atoms with E-state index in [1.165, 1.54) is 30.7 Å². The van der Waals surface area contributed by atoms with Crippen LogP contribution in [-0.2, 0) is 83.0 Å². The fourth-order valence-electron chi connectivity index (χ4n) is 12.1. The molecule has 0 N–H and O–H groups in total. The van der Waals surface area contributed by atoms with Crippen LogP contribution in [0.25, 0.3) is 0 Å². The predicted octanol–water partition coefficient (Wildman–Crippen LogP) is 12.7. The molecule has 1 heterocycles. The summed E-state index contributed by atoms with van der Waals surface area (Å²) >= 11 is 0. The average Bonchev–Trinajstić information content (AvgIpc) is 1.70. The highest BCUT2D eigenvalue weighted by atomic mass is 32.2. The summed E-state index contributed by atoms with van der Waals surface area (Å²) in [4.78, 5) is 40.9. The summed E-state index contributed by atoms with van der Waals surface area (Å²) in [6.07, 6.45) is -2.29. The molecule has 12 rings (SSSR count). The lowest BCUT2D eigenvalue weighted by atomic mass is 9.55. The Kier molecular flexibility index (Phi) is 19.6. The van der Waals surface area contributed by atoms with E-state index in [1.54, 1.807) is 32.9 Å². The lowest BCUT2D eigenvalue weighted by molar-refractivity contribution is -0.182. The van der Waals surface area contributed by atoms with E-state index in [0.717, 1.165) is 69.2 Å². The van der Waals surface area contributed by atoms with E-state index in [4.69, 9.17) is 14.2 Å². The van der Waals surface area contributed by atoms with Gasteiger partial charge in [0.1, 0.15) is 28.6 Å². The van der Waals surface area contributed by atoms with Gasteiger partial charge in [-0.25, -0.2) is 21.6 Å². The van der Waals surface area contributed by atoms with Crippen molar-refractivity contribution in [3.63, 3.8) is 0 Å². The minimum atomic E-state index is -4.52. The van der Waals surface area contributed by atoms with Crippen LogP contribution in [0.4, 0.5) is 26.3 Å². The van der Waals surface area contributed by atoms with Crippen molar-refractivity contribution in [3.05, 3.63) is 181 Å². The molecular formula is C62H62F6O12S4. The summed E-state index contributed by atoms with van der Waals surface area (Å²) in [5.74, 6) is -1.60. The Labute approximate surface area is 490 Å². The Morgan fingerprint density at radius 3 is 1.26 bits per heavy atom. The van der Waals surface area contributed by atoms with E-state index in [-0.39, 0.29) is 6.10 Å². The van der Waals surface area contributed by atoms with Crippen molar-refractivity contribution in [2.45, 2.75) is 119 Å². The normalized spacial score (nSPS) is 23.7. The SMILES string of the molecule is CC12CCC(C(=O)OCCS(=O)(=O)[O-])(OC1=O)C2(C)C.FC(F)(F)c1cccc([S+](c2ccccc2)c2ccccc2)c1.FC(F)(F)c1cccc([S+](c2ccccc2)c2ccccc2)c1.O=C(CS(=O)(=O)[O-])OC1C2CC3CC(C2)CC1C3. The summed E-state index contributed by atoms with van der Waals surface area (Å²) in [5.41, 5.74) is -4.11. The van der Waals surface area contributed by atoms with E-state index >= 15 is 0 Å². The highest BCUT2D eigenvalue weighted by Crippen LogP contribution is 2.66. The highest BCUT2D eigenvalue weighted by Gasteiger charge is 2.76. The predicted molar refractivity (Wildman–Crippen MR) is 300 cm³/mol. The third-order valence-electron chi connectivity index (χ3n) is 16.4. The number of esters is 3. The summed E-state index contributed by atoms with van der Waals surface area (Å²) in [6, 6.07) is 49.7. The monoisotopic (exact) mass is 1240 g/mol. The Bertz CT molecular complexity index is 3240. The fourth-order valence-corrected chi connectivity index (χ4v) is 17.0. The van der Waals surface area contributed by atoms with Gasteiger partial charge in [0.25, 0.3) is 0 Å². The number of halogens is 6. The van der Waals surface area contributed by atoms with Gasteiger partial charge in [-0.3, -0.25) is 9.59 Å². The Morgan fingerprint density at radius 1 is 0.560 bits per heavy atom. The average molecular weight is 1240 g/mol. The van der Waals surface area contributed by atoms with Gasteiger partial charge in [-0.1, -0.05) is 98.8 Å². The van der Waals surface area contributed by atoms with Crippen LogP contribution < -0.4 is 0 Å². The smallest absolute Gasteiger partial charge is 0.416 e. The molecule has 2 unspecified atom stereocenters. The van der Waals surface area contributed by atoms with Gasteiger partial charge >= 0.3 is 30.3 Å². The Morgan fingerprint density at radius 2 is 0.940 bits per heavy atom. The van der Waals surface area contributed by atoms with Crippen LogP contribution in [-0.4, -0.2) is 73.7 Å². The van der Waals surface area contributed by atoms with Gasteiger partial charge in [-0.05, 0) is 148 Å². The van der Waals surface area contributed by atoms with Gasteiger partial charge in [0.15, 0.2) is 29.4 Å². The third kappa shape index (κ3) is 15.1. The summed E-state index contributed by atoms with van der Waals surface area (Å²) < 4.78 is 157. The van der Waals surface area contributed by atoms with E-state index in [1.807, 2.05) is 121 Å². The topological polar surface area (TPSA) is 193 Å². The Balaban J connectivity index is 0.000000147. The number of ether oxygens (including phenoxy) is 3. The molecule has 1 aliphatic heterocycles. The van der Waals surface area contributed by atoms with Crippen LogP contribution >= 0.6 is 0 Å². The zero-order chi connectivity index (χ0) is 60.9. The van der Waals surface area contributed by atoms with Crippen molar-refractivity contribution in [2.24, 2.45) is 34.5 Å². The van der Waals surface area contributed by atoms with E-state index in [2.05, 4.69) is 0 Å². The van der Waals surface area contributed by atoms with Gasteiger partial charge < -0.3 is 23.3 Å². The molecule has 2 atom stereocenters. The number of rotatable bonds is 13. The van der Waals surface area contributed by atoms with Crippen LogP contribution in [0.1, 0.15) is 76.8 Å². The molecule has 5 saturated carbocycles. The second-order valence-electron chi connectivity index (χ2n) is 22.1. The quantitative estimate of drug-likeness (QED) is 0.0350. The molecule has 0 radical (unpaired) electrons. The first-order valence-electron chi connectivity index (χ1n) is 27.0. The highest BCUT2D eigenvalue weighted by molar-refractivity contribution is 7.97. The maximum Gasteiger partial charge on any atom is 0.416 e. The van der Waals surface area contributed by atoms with Gasteiger partial charge in [0.2, 0.25) is 5.60 Å². The summed E-state index contributed by atoms with van der Waals surface area (Å²) in [7, 11) is -10.1. The molecule has 5 aliphatic carbocycles. The first-order chi connectivity index (χ1) is 39.5. The lowest BCUT2D eigenvalue weighted by Crippen LogP contribution is -2.50. The number of hydrogen-bond donors (Lipinski definition) is 0. The third-order valence-corrected chi connectivity index (χ3v) is 22.1. The van der Waals surface area contributed by atoms with Gasteiger partial charge in [-0.2, -0.15) is 26.3 Å². The van der Waals surface area contributed by atoms with Crippen molar-refractivity contribution < 1.29 is 80.9 Å². The minimum absolute atomic E-state index is 0.146. The van der Waals surface area contributed by atoms with Crippen LogP contribution in [0.5, 0.6) is 0 Å². The number of carbonyl (C=O) groups is 3. The molecule has 0 amide bonds. The van der Waals surface area contributed by atoms with E-state index in [0.29, 0.717) is 34.5 Å². The van der Waals surface area contributed by atoms with Crippen LogP contribution in [0.15, 0.2) is 199 Å². The molecule has 84 heavy (non-hydrogen) atoms. The molecule has 0 aromatic heterocycles. The van der Waals surface area contributed by atoms with E-state index < -0.39 is 118 Å². The zero-order valence-electron chi connectivity index (χ0n) is 45.9. The summed E-state index contributed by atoms with van der Waals surface area (Å²) in [6.45, 7) is 4.74. The number of benzene rings is 6. The molecule has 6 aliphatic rings. The van der Waals surface area contributed by atoms with Crippen LogP contribution in [0, 0.1) is 34.5 Å². The number of hydrogen-bond acceptors (Lipinski definition) is 12. The van der Waals surface area contributed by atoms with Crippen molar-refractivity contribution in [1.29, 1.82) is 0 Å². The van der Waals surface area contributed by atoms with Gasteiger partial charge in [0.05, 0.1) is 54.2 Å². The first-order valence-corrected chi connectivity index (χ1v) is 32.6. The molecule has 1 saturated heterocycles. The van der Waals surface area contributed by atoms with Crippen molar-refractivity contribution >= 4 is 59.9 Å². The molecule has 22 heteroatoms. The second-order valence-corrected chi connectivity index (χ2v) is 29.1. The molecule has 6 aromatic carbocycles.